The average molecular weight is 401 g/mol. The zero-order chi connectivity index (χ0) is 19.4. The van der Waals surface area contributed by atoms with Crippen molar-refractivity contribution < 1.29 is 13.2 Å². The van der Waals surface area contributed by atoms with E-state index in [1.807, 2.05) is 0 Å². The standard InChI is InChI=1S/C20H17ClN2O3S/c1-14-5-4-8-19(22-14)20(24)23-16-9-11-17(12-10-16)27(25,26)13-15-6-2-3-7-18(15)21/h2-12H,13H2,1H3,(H,23,24). The molecule has 0 bridgehead atoms. The lowest BCUT2D eigenvalue weighted by atomic mass is 10.2. The van der Waals surface area contributed by atoms with Crippen LogP contribution in [0.1, 0.15) is 21.7 Å². The van der Waals surface area contributed by atoms with Crippen LogP contribution in [0, 0.1) is 6.92 Å². The Balaban J connectivity index is 1.75. The van der Waals surface area contributed by atoms with Crippen molar-refractivity contribution in [2.75, 3.05) is 5.32 Å². The van der Waals surface area contributed by atoms with Crippen LogP contribution in [0.2, 0.25) is 5.02 Å². The molecule has 0 radical (unpaired) electrons. The largest absolute Gasteiger partial charge is 0.321 e. The van der Waals surface area contributed by atoms with Crippen LogP contribution in [0.15, 0.2) is 71.6 Å². The summed E-state index contributed by atoms with van der Waals surface area (Å²) in [4.78, 5) is 16.5. The Morgan fingerprint density at radius 3 is 2.37 bits per heavy atom. The molecule has 5 nitrogen and oxygen atoms in total. The molecule has 3 aromatic rings. The van der Waals surface area contributed by atoms with E-state index in [1.165, 1.54) is 12.1 Å². The highest BCUT2D eigenvalue weighted by Gasteiger charge is 2.17. The van der Waals surface area contributed by atoms with Gasteiger partial charge in [0.15, 0.2) is 9.84 Å². The fraction of sp³-hybridized carbons (Fsp3) is 0.100. The first kappa shape index (κ1) is 19.1. The highest BCUT2D eigenvalue weighted by Crippen LogP contribution is 2.23. The van der Waals surface area contributed by atoms with E-state index < -0.39 is 9.84 Å². The average Bonchev–Trinajstić information content (AvgIpc) is 2.64. The Morgan fingerprint density at radius 1 is 1.00 bits per heavy atom. The van der Waals surface area contributed by atoms with E-state index in [0.717, 1.165) is 5.69 Å². The van der Waals surface area contributed by atoms with Crippen molar-refractivity contribution in [1.29, 1.82) is 0 Å². The number of aromatic nitrogens is 1. The van der Waals surface area contributed by atoms with Gasteiger partial charge >= 0.3 is 0 Å². The lowest BCUT2D eigenvalue weighted by Crippen LogP contribution is -2.14. The maximum Gasteiger partial charge on any atom is 0.274 e. The molecular formula is C20H17ClN2O3S. The zero-order valence-electron chi connectivity index (χ0n) is 14.5. The number of amides is 1. The molecule has 0 atom stereocenters. The fourth-order valence-electron chi connectivity index (χ4n) is 2.51. The molecule has 138 valence electrons. The predicted molar refractivity (Wildman–Crippen MR) is 106 cm³/mol. The molecule has 0 aliphatic rings. The van der Waals surface area contributed by atoms with Crippen LogP contribution in [0.4, 0.5) is 5.69 Å². The van der Waals surface area contributed by atoms with Crippen molar-refractivity contribution in [2.45, 2.75) is 17.6 Å². The fourth-order valence-corrected chi connectivity index (χ4v) is 4.17. The van der Waals surface area contributed by atoms with Crippen molar-refractivity contribution in [3.63, 3.8) is 0 Å². The summed E-state index contributed by atoms with van der Waals surface area (Å²) in [5, 5.41) is 3.12. The molecule has 1 N–H and O–H groups in total. The minimum Gasteiger partial charge on any atom is -0.321 e. The van der Waals surface area contributed by atoms with Gasteiger partial charge in [0.25, 0.3) is 5.91 Å². The second kappa shape index (κ2) is 7.90. The maximum absolute atomic E-state index is 12.6. The van der Waals surface area contributed by atoms with Gasteiger partial charge in [0.05, 0.1) is 10.6 Å². The summed E-state index contributed by atoms with van der Waals surface area (Å²) in [6.07, 6.45) is 0. The Bertz CT molecular complexity index is 1080. The lowest BCUT2D eigenvalue weighted by Gasteiger charge is -2.08. The van der Waals surface area contributed by atoms with Gasteiger partial charge in [-0.3, -0.25) is 4.79 Å². The predicted octanol–water partition coefficient (Wildman–Crippen LogP) is 4.27. The van der Waals surface area contributed by atoms with Crippen LogP contribution in [0.5, 0.6) is 0 Å². The SMILES string of the molecule is Cc1cccc(C(=O)Nc2ccc(S(=O)(=O)Cc3ccccc3Cl)cc2)n1. The highest BCUT2D eigenvalue weighted by atomic mass is 35.5. The zero-order valence-corrected chi connectivity index (χ0v) is 16.1. The summed E-state index contributed by atoms with van der Waals surface area (Å²) in [5.74, 6) is -0.545. The third-order valence-electron chi connectivity index (χ3n) is 3.90. The molecule has 0 saturated carbocycles. The number of aryl methyl sites for hydroxylation is 1. The van der Waals surface area contributed by atoms with Crippen molar-refractivity contribution in [2.24, 2.45) is 0 Å². The molecule has 0 aliphatic heterocycles. The smallest absolute Gasteiger partial charge is 0.274 e. The molecule has 7 heteroatoms. The number of anilines is 1. The van der Waals surface area contributed by atoms with Crippen LogP contribution in [0.3, 0.4) is 0 Å². The van der Waals surface area contributed by atoms with Gasteiger partial charge in [0, 0.05) is 16.4 Å². The monoisotopic (exact) mass is 400 g/mol. The molecule has 27 heavy (non-hydrogen) atoms. The molecule has 0 unspecified atom stereocenters. The van der Waals surface area contributed by atoms with Gasteiger partial charge in [-0.25, -0.2) is 13.4 Å². The van der Waals surface area contributed by atoms with E-state index in [9.17, 15) is 13.2 Å². The van der Waals surface area contributed by atoms with E-state index >= 15 is 0 Å². The Kier molecular flexibility index (Phi) is 5.58. The van der Waals surface area contributed by atoms with Gasteiger partial charge in [-0.2, -0.15) is 0 Å². The molecule has 1 aromatic heterocycles. The Labute approximate surface area is 163 Å². The van der Waals surface area contributed by atoms with Gasteiger partial charge in [0.2, 0.25) is 0 Å². The Morgan fingerprint density at radius 2 is 1.70 bits per heavy atom. The van der Waals surface area contributed by atoms with E-state index in [1.54, 1.807) is 61.5 Å². The third kappa shape index (κ3) is 4.72. The number of hydrogen-bond donors (Lipinski definition) is 1. The van der Waals surface area contributed by atoms with E-state index in [2.05, 4.69) is 10.3 Å². The second-order valence-electron chi connectivity index (χ2n) is 5.99. The quantitative estimate of drug-likeness (QED) is 0.693. The van der Waals surface area contributed by atoms with Crippen LogP contribution in [0.25, 0.3) is 0 Å². The number of halogens is 1. The van der Waals surface area contributed by atoms with Crippen LogP contribution in [-0.4, -0.2) is 19.3 Å². The minimum atomic E-state index is -3.55. The minimum absolute atomic E-state index is 0.161. The van der Waals surface area contributed by atoms with Crippen LogP contribution >= 0.6 is 11.6 Å². The number of nitrogens with zero attached hydrogens (tertiary/aromatic N) is 1. The van der Waals surface area contributed by atoms with E-state index in [0.29, 0.717) is 22.0 Å². The van der Waals surface area contributed by atoms with Gasteiger partial charge in [-0.05, 0) is 55.0 Å². The summed E-state index contributed by atoms with van der Waals surface area (Å²) in [6, 6.07) is 18.0. The molecule has 0 aliphatic carbocycles. The first-order valence-corrected chi connectivity index (χ1v) is 10.2. The molecule has 3 rings (SSSR count). The number of carbonyl (C=O) groups excluding carboxylic acids is 1. The molecule has 0 spiro atoms. The summed E-state index contributed by atoms with van der Waals surface area (Å²) in [6.45, 7) is 1.80. The molecule has 0 fully saturated rings. The first-order chi connectivity index (χ1) is 12.8. The number of sulfone groups is 1. The van der Waals surface area contributed by atoms with Crippen molar-refractivity contribution in [3.05, 3.63) is 88.7 Å². The summed E-state index contributed by atoms with van der Waals surface area (Å²) in [7, 11) is -3.55. The highest BCUT2D eigenvalue weighted by molar-refractivity contribution is 7.90. The first-order valence-electron chi connectivity index (χ1n) is 8.16. The number of pyridine rings is 1. The molecule has 1 heterocycles. The molecule has 0 saturated heterocycles. The summed E-state index contributed by atoms with van der Waals surface area (Å²) >= 11 is 6.05. The van der Waals surface area contributed by atoms with Gasteiger partial charge < -0.3 is 5.32 Å². The normalized spacial score (nSPS) is 11.2. The van der Waals surface area contributed by atoms with Crippen LogP contribution in [-0.2, 0) is 15.6 Å². The number of hydrogen-bond acceptors (Lipinski definition) is 4. The van der Waals surface area contributed by atoms with Crippen LogP contribution < -0.4 is 5.32 Å². The van der Waals surface area contributed by atoms with E-state index in [-0.39, 0.29) is 16.6 Å². The summed E-state index contributed by atoms with van der Waals surface area (Å²) in [5.41, 5.74) is 2.07. The number of carbonyl (C=O) groups is 1. The maximum atomic E-state index is 12.6. The number of rotatable bonds is 5. The molecule has 2 aromatic carbocycles. The molecule has 1 amide bonds. The molecular weight excluding hydrogens is 384 g/mol. The Hall–Kier alpha value is -2.70. The lowest BCUT2D eigenvalue weighted by molar-refractivity contribution is 0.102. The third-order valence-corrected chi connectivity index (χ3v) is 5.95. The second-order valence-corrected chi connectivity index (χ2v) is 8.39. The van der Waals surface area contributed by atoms with Gasteiger partial charge in [0.1, 0.15) is 5.69 Å². The van der Waals surface area contributed by atoms with E-state index in [4.69, 9.17) is 11.6 Å². The number of benzene rings is 2. The van der Waals surface area contributed by atoms with Gasteiger partial charge in [-0.1, -0.05) is 35.9 Å². The summed E-state index contributed by atoms with van der Waals surface area (Å²) < 4.78 is 25.2. The van der Waals surface area contributed by atoms with Crippen molar-refractivity contribution in [3.8, 4) is 0 Å². The van der Waals surface area contributed by atoms with Gasteiger partial charge in [-0.15, -0.1) is 0 Å². The number of nitrogens with one attached hydrogen (secondary N) is 1. The topological polar surface area (TPSA) is 76.1 Å². The van der Waals surface area contributed by atoms with Crippen molar-refractivity contribution >= 4 is 33.0 Å². The van der Waals surface area contributed by atoms with Crippen molar-refractivity contribution in [1.82, 2.24) is 4.98 Å².